The van der Waals surface area contributed by atoms with Crippen LogP contribution in [0.15, 0.2) is 91.0 Å². The molecule has 3 aromatic rings. The van der Waals surface area contributed by atoms with Crippen molar-refractivity contribution < 1.29 is 0 Å². The molecule has 0 fully saturated rings. The Hall–Kier alpha value is -2.70. The van der Waals surface area contributed by atoms with Gasteiger partial charge in [0.15, 0.2) is 0 Å². The van der Waals surface area contributed by atoms with E-state index in [1.807, 2.05) is 91.0 Å². The van der Waals surface area contributed by atoms with Gasteiger partial charge >= 0.3 is 0 Å². The Morgan fingerprint density at radius 3 is 1.19 bits per heavy atom. The quantitative estimate of drug-likeness (QED) is 0.176. The van der Waals surface area contributed by atoms with Crippen molar-refractivity contribution in [3.8, 4) is 36.0 Å². The Kier molecular flexibility index (Phi) is 17.3. The summed E-state index contributed by atoms with van der Waals surface area (Å²) in [5, 5.41) is 2.22. The molecule has 0 aliphatic carbocycles. The molecule has 0 aromatic heterocycles. The lowest BCUT2D eigenvalue weighted by Gasteiger charge is -1.88. The number of unbranched alkanes of at least 4 members (excludes halogenated alkanes) is 2. The van der Waals surface area contributed by atoms with Crippen LogP contribution < -0.4 is 0 Å². The highest BCUT2D eigenvalue weighted by atomic mass is 79.9. The highest BCUT2D eigenvalue weighted by Crippen LogP contribution is 1.99. The van der Waals surface area contributed by atoms with Gasteiger partial charge < -0.3 is 0 Å². The second-order valence-corrected chi connectivity index (χ2v) is 8.02. The topological polar surface area (TPSA) is 0 Å². The van der Waals surface area contributed by atoms with Crippen LogP contribution in [0.2, 0.25) is 0 Å². The maximum absolute atomic E-state index is 5.10. The van der Waals surface area contributed by atoms with E-state index in [0.29, 0.717) is 0 Å². The van der Waals surface area contributed by atoms with Gasteiger partial charge in [0.25, 0.3) is 0 Å². The van der Waals surface area contributed by atoms with Crippen molar-refractivity contribution in [3.63, 3.8) is 0 Å². The lowest BCUT2D eigenvalue weighted by molar-refractivity contribution is 0.903. The minimum absolute atomic E-state index is 0.901. The summed E-state index contributed by atoms with van der Waals surface area (Å²) < 4.78 is 0. The summed E-state index contributed by atoms with van der Waals surface area (Å²) in [6.45, 7) is 0. The SMILES string of the molecule is BrCCCBr.C#Cc1ccccc1.C(#Cc1ccccc1)CCCC#Cc1ccccc1. The Morgan fingerprint density at radius 1 is 0.531 bits per heavy atom. The average Bonchev–Trinajstić information content (AvgIpc) is 2.86. The van der Waals surface area contributed by atoms with E-state index >= 15 is 0 Å². The maximum Gasteiger partial charge on any atom is 0.0245 e. The molecule has 0 bridgehead atoms. The van der Waals surface area contributed by atoms with Gasteiger partial charge in [-0.15, -0.1) is 6.42 Å². The van der Waals surface area contributed by atoms with Gasteiger partial charge in [-0.05, 0) is 49.2 Å². The van der Waals surface area contributed by atoms with E-state index in [4.69, 9.17) is 6.42 Å². The molecule has 3 aromatic carbocycles. The molecule has 0 heterocycles. The van der Waals surface area contributed by atoms with Crippen molar-refractivity contribution in [2.75, 3.05) is 10.7 Å². The number of hydrogen-bond donors (Lipinski definition) is 0. The number of hydrogen-bond acceptors (Lipinski definition) is 0. The number of rotatable bonds is 4. The first-order chi connectivity index (χ1) is 15.8. The minimum Gasteiger partial charge on any atom is -0.115 e. The van der Waals surface area contributed by atoms with Crippen LogP contribution in [-0.4, -0.2) is 10.7 Å². The molecule has 0 spiro atoms. The van der Waals surface area contributed by atoms with Gasteiger partial charge in [-0.3, -0.25) is 0 Å². The third-order valence-electron chi connectivity index (χ3n) is 3.82. The van der Waals surface area contributed by atoms with E-state index in [9.17, 15) is 0 Å². The fourth-order valence-corrected chi connectivity index (χ4v) is 3.54. The first-order valence-corrected chi connectivity index (χ1v) is 12.8. The van der Waals surface area contributed by atoms with E-state index in [0.717, 1.165) is 46.6 Å². The minimum atomic E-state index is 0.901. The van der Waals surface area contributed by atoms with Crippen molar-refractivity contribution >= 4 is 31.9 Å². The molecule has 0 aliphatic heterocycles. The third-order valence-corrected chi connectivity index (χ3v) is 4.95. The van der Waals surface area contributed by atoms with Crippen LogP contribution in [0.25, 0.3) is 0 Å². The summed E-state index contributed by atoms with van der Waals surface area (Å²) in [6.07, 6.45) is 9.15. The molecule has 0 saturated heterocycles. The fraction of sp³-hybridized carbons (Fsp3) is 0.200. The summed E-state index contributed by atoms with van der Waals surface area (Å²) in [7, 11) is 0. The highest BCUT2D eigenvalue weighted by molar-refractivity contribution is 9.09. The summed E-state index contributed by atoms with van der Waals surface area (Å²) in [5.74, 6) is 15.2. The van der Waals surface area contributed by atoms with Crippen LogP contribution in [0.5, 0.6) is 0 Å². The molecule has 0 saturated carbocycles. The van der Waals surface area contributed by atoms with Crippen molar-refractivity contribution in [2.24, 2.45) is 0 Å². The van der Waals surface area contributed by atoms with E-state index in [-0.39, 0.29) is 0 Å². The van der Waals surface area contributed by atoms with Gasteiger partial charge in [0.05, 0.1) is 0 Å². The van der Waals surface area contributed by atoms with Crippen LogP contribution in [0.3, 0.4) is 0 Å². The summed E-state index contributed by atoms with van der Waals surface area (Å²) in [4.78, 5) is 0. The van der Waals surface area contributed by atoms with Crippen LogP contribution in [-0.2, 0) is 0 Å². The zero-order chi connectivity index (χ0) is 23.1. The molecule has 162 valence electrons. The van der Waals surface area contributed by atoms with E-state index in [1.165, 1.54) is 6.42 Å². The van der Waals surface area contributed by atoms with E-state index < -0.39 is 0 Å². The molecule has 32 heavy (non-hydrogen) atoms. The average molecular weight is 548 g/mol. The maximum atomic E-state index is 5.10. The van der Waals surface area contributed by atoms with Crippen molar-refractivity contribution in [1.82, 2.24) is 0 Å². The van der Waals surface area contributed by atoms with Gasteiger partial charge in [0, 0.05) is 40.2 Å². The third kappa shape index (κ3) is 15.2. The molecule has 3 rings (SSSR count). The van der Waals surface area contributed by atoms with Gasteiger partial charge in [0.1, 0.15) is 0 Å². The lowest BCUT2D eigenvalue weighted by atomic mass is 10.2. The molecule has 0 N–H and O–H groups in total. The molecule has 0 radical (unpaired) electrons. The predicted octanol–water partition coefficient (Wildman–Crippen LogP) is 8.09. The van der Waals surface area contributed by atoms with Crippen LogP contribution in [0.4, 0.5) is 0 Å². The number of halogens is 2. The summed E-state index contributed by atoms with van der Waals surface area (Å²) >= 11 is 6.56. The second kappa shape index (κ2) is 20.2. The van der Waals surface area contributed by atoms with Gasteiger partial charge in [-0.2, -0.15) is 0 Å². The van der Waals surface area contributed by atoms with E-state index in [1.54, 1.807) is 0 Å². The number of benzene rings is 3. The second-order valence-electron chi connectivity index (χ2n) is 6.43. The molecule has 0 unspecified atom stereocenters. The monoisotopic (exact) mass is 546 g/mol. The first kappa shape index (κ1) is 27.3. The molecule has 0 atom stereocenters. The Morgan fingerprint density at radius 2 is 0.906 bits per heavy atom. The molecule has 2 heteroatoms. The Balaban J connectivity index is 0.000000323. The predicted molar refractivity (Wildman–Crippen MR) is 147 cm³/mol. The summed E-state index contributed by atoms with van der Waals surface area (Å²) in [5.41, 5.74) is 3.10. The first-order valence-electron chi connectivity index (χ1n) is 10.5. The zero-order valence-corrected chi connectivity index (χ0v) is 21.4. The molecule has 0 amide bonds. The van der Waals surface area contributed by atoms with Crippen molar-refractivity contribution in [3.05, 3.63) is 108 Å². The number of terminal acetylenes is 1. The van der Waals surface area contributed by atoms with Gasteiger partial charge in [-0.1, -0.05) is 116 Å². The smallest absolute Gasteiger partial charge is 0.0245 e. The molecular weight excluding hydrogens is 520 g/mol. The highest BCUT2D eigenvalue weighted by Gasteiger charge is 1.84. The van der Waals surface area contributed by atoms with Gasteiger partial charge in [-0.25, -0.2) is 0 Å². The normalized spacial score (nSPS) is 8.53. The van der Waals surface area contributed by atoms with Crippen LogP contribution in [0, 0.1) is 36.0 Å². The number of alkyl halides is 2. The Labute approximate surface area is 211 Å². The van der Waals surface area contributed by atoms with Crippen molar-refractivity contribution in [2.45, 2.75) is 25.7 Å². The fourth-order valence-electron chi connectivity index (χ4n) is 2.22. The standard InChI is InChI=1S/C19H16.C8H6.C3H6Br2/c1(2-6-12-18-14-8-4-9-15-18)3-7-13-19-16-10-5-11-17-19;1-2-8-6-4-3-5-7-8;4-2-1-3-5/h4-5,8-11,14-17H,1-3H2;1,3-7H;1-3H2. The largest absolute Gasteiger partial charge is 0.115 e. The molecule has 0 nitrogen and oxygen atoms in total. The Bertz CT molecular complexity index is 937. The van der Waals surface area contributed by atoms with E-state index in [2.05, 4.69) is 61.5 Å². The van der Waals surface area contributed by atoms with Crippen LogP contribution >= 0.6 is 31.9 Å². The molecule has 0 aliphatic rings. The van der Waals surface area contributed by atoms with Crippen LogP contribution in [0.1, 0.15) is 42.4 Å². The summed E-state index contributed by atoms with van der Waals surface area (Å²) in [6, 6.07) is 29.8. The lowest BCUT2D eigenvalue weighted by Crippen LogP contribution is -1.74. The zero-order valence-electron chi connectivity index (χ0n) is 18.2. The van der Waals surface area contributed by atoms with Crippen molar-refractivity contribution in [1.29, 1.82) is 0 Å². The van der Waals surface area contributed by atoms with Gasteiger partial charge in [0.2, 0.25) is 0 Å². The molecular formula is C30H28Br2.